The van der Waals surface area contributed by atoms with Crippen LogP contribution >= 0.6 is 0 Å². The first-order chi connectivity index (χ1) is 10.1. The van der Waals surface area contributed by atoms with E-state index in [9.17, 15) is 4.79 Å². The second-order valence-corrected chi connectivity index (χ2v) is 5.24. The minimum absolute atomic E-state index is 0.129. The first-order valence-electron chi connectivity index (χ1n) is 7.07. The molecule has 21 heavy (non-hydrogen) atoms. The molecule has 2 N–H and O–H groups in total. The molecule has 0 unspecified atom stereocenters. The number of aromatic nitrogens is 1. The van der Waals surface area contributed by atoms with Crippen LogP contribution in [0.1, 0.15) is 31.1 Å². The molecular weight excluding hydrogens is 266 g/mol. The van der Waals surface area contributed by atoms with Crippen LogP contribution in [-0.4, -0.2) is 23.7 Å². The highest BCUT2D eigenvalue weighted by Gasteiger charge is 2.15. The third-order valence-electron chi connectivity index (χ3n) is 3.56. The lowest BCUT2D eigenvalue weighted by Crippen LogP contribution is -2.37. The number of carbonyl (C=O) groups excluding carboxylic acids is 1. The lowest BCUT2D eigenvalue weighted by atomic mass is 9.94. The lowest BCUT2D eigenvalue weighted by Gasteiger charge is -2.21. The fourth-order valence-corrected chi connectivity index (χ4v) is 2.09. The Kier molecular flexibility index (Phi) is 5.11. The molecule has 0 bridgehead atoms. The maximum Gasteiger partial charge on any atom is 0.239 e. The Labute approximate surface area is 124 Å². The zero-order valence-electron chi connectivity index (χ0n) is 12.6. The van der Waals surface area contributed by atoms with Crippen LogP contribution in [0.3, 0.4) is 0 Å². The molecule has 1 amide bonds. The van der Waals surface area contributed by atoms with Gasteiger partial charge in [0.2, 0.25) is 5.91 Å². The van der Waals surface area contributed by atoms with Crippen LogP contribution in [0, 0.1) is 6.92 Å². The summed E-state index contributed by atoms with van der Waals surface area (Å²) in [5, 5.41) is 9.66. The molecule has 2 aromatic rings. The van der Waals surface area contributed by atoms with Gasteiger partial charge in [0.25, 0.3) is 0 Å². The van der Waals surface area contributed by atoms with E-state index in [1.165, 1.54) is 5.56 Å². The van der Waals surface area contributed by atoms with Crippen molar-refractivity contribution in [2.24, 2.45) is 0 Å². The van der Waals surface area contributed by atoms with Gasteiger partial charge in [-0.1, -0.05) is 42.4 Å². The Bertz CT molecular complexity index is 580. The summed E-state index contributed by atoms with van der Waals surface area (Å²) in [5.41, 5.74) is 1.25. The average Bonchev–Trinajstić information content (AvgIpc) is 2.90. The van der Waals surface area contributed by atoms with Crippen molar-refractivity contribution in [3.05, 3.63) is 47.7 Å². The van der Waals surface area contributed by atoms with E-state index >= 15 is 0 Å². The zero-order valence-corrected chi connectivity index (χ0v) is 12.6. The SMILES string of the molecule is Cc1cc(NC(=O)CN[C@H](C)[C@@H](C)c2ccccc2)no1. The number of amides is 1. The fourth-order valence-electron chi connectivity index (χ4n) is 2.09. The standard InChI is InChI=1S/C16H21N3O2/c1-11-9-15(19-21-11)18-16(20)10-17-13(3)12(2)14-7-5-4-6-8-14/h4-9,12-13,17H,10H2,1-3H3,(H,18,19,20)/t12-,13-/m1/s1. The summed E-state index contributed by atoms with van der Waals surface area (Å²) in [4.78, 5) is 11.8. The minimum atomic E-state index is -0.129. The number of rotatable bonds is 6. The first-order valence-corrected chi connectivity index (χ1v) is 7.07. The highest BCUT2D eigenvalue weighted by molar-refractivity contribution is 5.91. The summed E-state index contributed by atoms with van der Waals surface area (Å²) in [6.45, 7) is 6.24. The van der Waals surface area contributed by atoms with Crippen LogP contribution in [-0.2, 0) is 4.79 Å². The molecule has 1 aromatic heterocycles. The summed E-state index contributed by atoms with van der Waals surface area (Å²) in [6, 6.07) is 12.1. The van der Waals surface area contributed by atoms with E-state index in [1.807, 2.05) is 18.2 Å². The largest absolute Gasteiger partial charge is 0.360 e. The third-order valence-corrected chi connectivity index (χ3v) is 3.56. The van der Waals surface area contributed by atoms with Crippen LogP contribution in [0.5, 0.6) is 0 Å². The normalized spacial score (nSPS) is 13.7. The Morgan fingerprint density at radius 2 is 2.00 bits per heavy atom. The van der Waals surface area contributed by atoms with Gasteiger partial charge in [0.15, 0.2) is 5.82 Å². The highest BCUT2D eigenvalue weighted by atomic mass is 16.5. The van der Waals surface area contributed by atoms with E-state index < -0.39 is 0 Å². The van der Waals surface area contributed by atoms with Gasteiger partial charge in [-0.25, -0.2) is 0 Å². The highest BCUT2D eigenvalue weighted by Crippen LogP contribution is 2.18. The van der Waals surface area contributed by atoms with Crippen molar-refractivity contribution in [3.8, 4) is 0 Å². The van der Waals surface area contributed by atoms with Crippen molar-refractivity contribution in [1.29, 1.82) is 0 Å². The Morgan fingerprint density at radius 3 is 2.62 bits per heavy atom. The Balaban J connectivity index is 1.80. The Morgan fingerprint density at radius 1 is 1.29 bits per heavy atom. The molecule has 0 fully saturated rings. The third kappa shape index (κ3) is 4.43. The molecule has 112 valence electrons. The van der Waals surface area contributed by atoms with E-state index in [0.717, 1.165) is 0 Å². The summed E-state index contributed by atoms with van der Waals surface area (Å²) < 4.78 is 4.90. The van der Waals surface area contributed by atoms with E-state index in [-0.39, 0.29) is 18.5 Å². The molecule has 0 aliphatic carbocycles. The van der Waals surface area contributed by atoms with Crippen LogP contribution in [0.25, 0.3) is 0 Å². The molecule has 0 spiro atoms. The summed E-state index contributed by atoms with van der Waals surface area (Å²) in [7, 11) is 0. The molecule has 2 rings (SSSR count). The van der Waals surface area contributed by atoms with Crippen molar-refractivity contribution in [2.45, 2.75) is 32.7 Å². The molecule has 0 aliphatic heterocycles. The van der Waals surface area contributed by atoms with Crippen molar-refractivity contribution in [2.75, 3.05) is 11.9 Å². The topological polar surface area (TPSA) is 67.2 Å². The van der Waals surface area contributed by atoms with Gasteiger partial charge in [0.05, 0.1) is 6.54 Å². The van der Waals surface area contributed by atoms with Gasteiger partial charge in [-0.05, 0) is 25.3 Å². The van der Waals surface area contributed by atoms with E-state index in [1.54, 1.807) is 13.0 Å². The second kappa shape index (κ2) is 7.04. The van der Waals surface area contributed by atoms with Gasteiger partial charge < -0.3 is 15.2 Å². The van der Waals surface area contributed by atoms with Gasteiger partial charge in [0, 0.05) is 12.1 Å². The van der Waals surface area contributed by atoms with Crippen molar-refractivity contribution >= 4 is 11.7 Å². The van der Waals surface area contributed by atoms with E-state index in [0.29, 0.717) is 17.5 Å². The summed E-state index contributed by atoms with van der Waals surface area (Å²) in [5.74, 6) is 1.32. The number of carbonyl (C=O) groups is 1. The van der Waals surface area contributed by atoms with Gasteiger partial charge >= 0.3 is 0 Å². The number of benzene rings is 1. The van der Waals surface area contributed by atoms with Gasteiger partial charge in [-0.15, -0.1) is 0 Å². The minimum Gasteiger partial charge on any atom is -0.360 e. The van der Waals surface area contributed by atoms with Crippen molar-refractivity contribution < 1.29 is 9.32 Å². The number of aryl methyl sites for hydroxylation is 1. The molecule has 5 nitrogen and oxygen atoms in total. The smallest absolute Gasteiger partial charge is 0.239 e. The Hall–Kier alpha value is -2.14. The molecule has 0 radical (unpaired) electrons. The first kappa shape index (κ1) is 15.3. The van der Waals surface area contributed by atoms with E-state index in [4.69, 9.17) is 4.52 Å². The lowest BCUT2D eigenvalue weighted by molar-refractivity contribution is -0.115. The predicted molar refractivity (Wildman–Crippen MR) is 82.2 cm³/mol. The van der Waals surface area contributed by atoms with Crippen molar-refractivity contribution in [3.63, 3.8) is 0 Å². The van der Waals surface area contributed by atoms with Gasteiger partial charge in [-0.3, -0.25) is 4.79 Å². The van der Waals surface area contributed by atoms with Gasteiger partial charge in [0.1, 0.15) is 5.76 Å². The predicted octanol–water partition coefficient (Wildman–Crippen LogP) is 2.70. The number of anilines is 1. The van der Waals surface area contributed by atoms with E-state index in [2.05, 4.69) is 41.8 Å². The number of hydrogen-bond acceptors (Lipinski definition) is 4. The van der Waals surface area contributed by atoms with Crippen LogP contribution < -0.4 is 10.6 Å². The van der Waals surface area contributed by atoms with Crippen molar-refractivity contribution in [1.82, 2.24) is 10.5 Å². The molecule has 0 saturated carbocycles. The number of hydrogen-bond donors (Lipinski definition) is 2. The molecule has 1 aromatic carbocycles. The average molecular weight is 287 g/mol. The quantitative estimate of drug-likeness (QED) is 0.857. The molecular formula is C16H21N3O2. The zero-order chi connectivity index (χ0) is 15.2. The number of nitrogens with zero attached hydrogens (tertiary/aromatic N) is 1. The molecule has 2 atom stereocenters. The monoisotopic (exact) mass is 287 g/mol. The summed E-state index contributed by atoms with van der Waals surface area (Å²) >= 11 is 0. The molecule has 5 heteroatoms. The van der Waals surface area contributed by atoms with Crippen LogP contribution in [0.4, 0.5) is 5.82 Å². The molecule has 1 heterocycles. The molecule has 0 saturated heterocycles. The van der Waals surface area contributed by atoms with Crippen LogP contribution in [0.15, 0.2) is 40.9 Å². The maximum atomic E-state index is 11.8. The van der Waals surface area contributed by atoms with Gasteiger partial charge in [-0.2, -0.15) is 0 Å². The summed E-state index contributed by atoms with van der Waals surface area (Å²) in [6.07, 6.45) is 0. The molecule has 0 aliphatic rings. The fraction of sp³-hybridized carbons (Fsp3) is 0.375. The number of nitrogens with one attached hydrogen (secondary N) is 2. The van der Waals surface area contributed by atoms with Crippen LogP contribution in [0.2, 0.25) is 0 Å². The second-order valence-electron chi connectivity index (χ2n) is 5.24. The maximum absolute atomic E-state index is 11.8.